The maximum atomic E-state index is 3.31. The van der Waals surface area contributed by atoms with Gasteiger partial charge in [0.1, 0.15) is 0 Å². The molecule has 25 heavy (non-hydrogen) atoms. The second kappa shape index (κ2) is 6.11. The molecule has 1 aliphatic heterocycles. The summed E-state index contributed by atoms with van der Waals surface area (Å²) in [5, 5.41) is 8.81. The van der Waals surface area contributed by atoms with Crippen molar-refractivity contribution >= 4 is 32.7 Å². The van der Waals surface area contributed by atoms with Gasteiger partial charge < -0.3 is 10.6 Å². The van der Waals surface area contributed by atoms with Crippen molar-refractivity contribution in [2.24, 2.45) is 0 Å². The highest BCUT2D eigenvalue weighted by atomic mass is 32.3. The lowest BCUT2D eigenvalue weighted by molar-refractivity contribution is 0.913. The third-order valence-corrected chi connectivity index (χ3v) is 9.00. The Morgan fingerprint density at radius 1 is 0.840 bits per heavy atom. The fraction of sp³-hybridized carbons (Fsp3) is 0.238. The van der Waals surface area contributed by atoms with Gasteiger partial charge in [0.05, 0.1) is 0 Å². The zero-order chi connectivity index (χ0) is 17.6. The Labute approximate surface area is 155 Å². The second-order valence-corrected chi connectivity index (χ2v) is 11.3. The molecule has 4 heteroatoms. The summed E-state index contributed by atoms with van der Waals surface area (Å²) >= 11 is 1.85. The van der Waals surface area contributed by atoms with Gasteiger partial charge in [-0.2, -0.15) is 10.0 Å². The lowest BCUT2D eigenvalue weighted by atomic mass is 9.89. The van der Waals surface area contributed by atoms with E-state index in [4.69, 9.17) is 0 Å². The molecule has 130 valence electrons. The Kier molecular flexibility index (Phi) is 4.05. The van der Waals surface area contributed by atoms with Crippen molar-refractivity contribution in [1.29, 1.82) is 0 Å². The Balaban J connectivity index is 2.03. The van der Waals surface area contributed by atoms with Crippen molar-refractivity contribution < 1.29 is 0 Å². The van der Waals surface area contributed by atoms with E-state index in [2.05, 4.69) is 77.1 Å². The van der Waals surface area contributed by atoms with Gasteiger partial charge in [-0.25, -0.2) is 0 Å². The summed E-state index contributed by atoms with van der Waals surface area (Å²) in [6.07, 6.45) is 4.85. The molecular weight excluding hydrogens is 344 g/mol. The van der Waals surface area contributed by atoms with Crippen LogP contribution < -0.4 is 10.6 Å². The summed E-state index contributed by atoms with van der Waals surface area (Å²) in [5.74, 6) is 0.335. The van der Waals surface area contributed by atoms with Crippen molar-refractivity contribution in [3.05, 3.63) is 69.9 Å². The highest BCUT2D eigenvalue weighted by Crippen LogP contribution is 2.66. The molecule has 0 aliphatic carbocycles. The third-order valence-electron chi connectivity index (χ3n) is 5.15. The van der Waals surface area contributed by atoms with Crippen LogP contribution in [0.2, 0.25) is 0 Å². The molecule has 1 aromatic heterocycles. The van der Waals surface area contributed by atoms with Gasteiger partial charge >= 0.3 is 0 Å². The summed E-state index contributed by atoms with van der Waals surface area (Å²) in [4.78, 5) is 4.42. The van der Waals surface area contributed by atoms with E-state index in [1.165, 1.54) is 37.2 Å². The van der Waals surface area contributed by atoms with Crippen molar-refractivity contribution in [2.75, 3.05) is 37.2 Å². The Morgan fingerprint density at radius 2 is 1.40 bits per heavy atom. The molecule has 4 rings (SSSR count). The van der Waals surface area contributed by atoms with E-state index in [1.54, 1.807) is 0 Å². The topological polar surface area (TPSA) is 24.1 Å². The quantitative estimate of drug-likeness (QED) is 0.610. The second-order valence-electron chi connectivity index (χ2n) is 6.78. The first kappa shape index (κ1) is 16.6. The minimum atomic E-state index is -1.07. The van der Waals surface area contributed by atoms with Gasteiger partial charge in [-0.05, 0) is 69.1 Å². The summed E-state index contributed by atoms with van der Waals surface area (Å²) in [6.45, 7) is 0. The third kappa shape index (κ3) is 2.55. The molecular formula is C21H24N2S2. The number of thiophene rings is 1. The molecule has 1 aliphatic rings. The maximum absolute atomic E-state index is 3.31. The predicted octanol–water partition coefficient (Wildman–Crippen LogP) is 5.81. The minimum Gasteiger partial charge on any atom is -0.388 e. The van der Waals surface area contributed by atoms with Gasteiger partial charge in [-0.15, -0.1) is 11.3 Å². The van der Waals surface area contributed by atoms with Crippen LogP contribution in [0.25, 0.3) is 0 Å². The van der Waals surface area contributed by atoms with Gasteiger partial charge in [0.15, 0.2) is 0 Å². The van der Waals surface area contributed by atoms with Crippen LogP contribution in [-0.2, 0) is 0 Å². The van der Waals surface area contributed by atoms with Crippen molar-refractivity contribution in [1.82, 2.24) is 0 Å². The number of hydrogen-bond donors (Lipinski definition) is 2. The van der Waals surface area contributed by atoms with E-state index < -0.39 is 10.0 Å². The number of rotatable bonds is 3. The van der Waals surface area contributed by atoms with Crippen LogP contribution in [0.3, 0.4) is 0 Å². The number of benzene rings is 2. The summed E-state index contributed by atoms with van der Waals surface area (Å²) in [6, 6.07) is 18.2. The number of nitrogens with one attached hydrogen (secondary N) is 2. The smallest absolute Gasteiger partial charge is 0.0455 e. The van der Waals surface area contributed by atoms with Crippen LogP contribution in [0, 0.1) is 0 Å². The van der Waals surface area contributed by atoms with E-state index in [9.17, 15) is 0 Å². The number of fused-ring (bicyclic) bond motifs is 2. The van der Waals surface area contributed by atoms with Crippen molar-refractivity contribution in [3.8, 4) is 0 Å². The normalized spacial score (nSPS) is 16.6. The van der Waals surface area contributed by atoms with Crippen LogP contribution in [0.5, 0.6) is 0 Å². The van der Waals surface area contributed by atoms with Crippen LogP contribution in [0.15, 0.2) is 63.7 Å². The number of anilines is 2. The molecule has 0 saturated carbocycles. The zero-order valence-corrected chi connectivity index (χ0v) is 16.7. The molecule has 0 bridgehead atoms. The molecule has 0 spiro atoms. The Morgan fingerprint density at radius 3 is 1.84 bits per heavy atom. The van der Waals surface area contributed by atoms with Gasteiger partial charge in [-0.1, -0.05) is 18.2 Å². The first-order valence-electron chi connectivity index (χ1n) is 8.46. The molecule has 2 heterocycles. The molecule has 0 fully saturated rings. The monoisotopic (exact) mass is 368 g/mol. The highest BCUT2D eigenvalue weighted by Gasteiger charge is 2.36. The average molecular weight is 369 g/mol. The van der Waals surface area contributed by atoms with Crippen molar-refractivity contribution in [2.45, 2.75) is 15.7 Å². The summed E-state index contributed by atoms with van der Waals surface area (Å²) < 4.78 is 0. The predicted molar refractivity (Wildman–Crippen MR) is 113 cm³/mol. The van der Waals surface area contributed by atoms with Gasteiger partial charge in [-0.3, -0.25) is 0 Å². The van der Waals surface area contributed by atoms with Crippen LogP contribution in [0.4, 0.5) is 11.4 Å². The first-order valence-corrected chi connectivity index (χ1v) is 11.8. The molecule has 2 nitrogen and oxygen atoms in total. The molecule has 3 aromatic rings. The molecule has 0 unspecified atom stereocenters. The molecule has 2 aromatic carbocycles. The van der Waals surface area contributed by atoms with Crippen LogP contribution in [-0.4, -0.2) is 26.6 Å². The Bertz CT molecular complexity index is 856. The highest BCUT2D eigenvalue weighted by molar-refractivity contribution is 8.32. The first-order chi connectivity index (χ1) is 12.1. The van der Waals surface area contributed by atoms with Crippen LogP contribution in [0.1, 0.15) is 21.9 Å². The van der Waals surface area contributed by atoms with E-state index in [1.807, 2.05) is 25.4 Å². The van der Waals surface area contributed by atoms with Crippen molar-refractivity contribution in [3.63, 3.8) is 0 Å². The minimum absolute atomic E-state index is 0.335. The molecule has 2 N–H and O–H groups in total. The molecule has 0 radical (unpaired) electrons. The zero-order valence-electron chi connectivity index (χ0n) is 15.1. The van der Waals surface area contributed by atoms with E-state index in [0.717, 1.165) is 0 Å². The number of hydrogen-bond acceptors (Lipinski definition) is 3. The fourth-order valence-electron chi connectivity index (χ4n) is 3.79. The average Bonchev–Trinajstić information content (AvgIpc) is 3.16. The molecule has 0 amide bonds. The largest absolute Gasteiger partial charge is 0.388 e. The molecule has 0 saturated heterocycles. The SMILES string of the molecule is CNc1ccc2c(c1)S(C)(C)c1cc(NC)ccc1C2c1cccs1. The lowest BCUT2D eigenvalue weighted by Crippen LogP contribution is -2.17. The van der Waals surface area contributed by atoms with Crippen LogP contribution >= 0.6 is 21.4 Å². The maximum Gasteiger partial charge on any atom is 0.0455 e. The summed E-state index contributed by atoms with van der Waals surface area (Å²) in [7, 11) is 2.93. The van der Waals surface area contributed by atoms with Gasteiger partial charge in [0.25, 0.3) is 0 Å². The van der Waals surface area contributed by atoms with E-state index in [0.29, 0.717) is 5.92 Å². The van der Waals surface area contributed by atoms with Gasteiger partial charge in [0.2, 0.25) is 0 Å². The van der Waals surface area contributed by atoms with E-state index >= 15 is 0 Å². The Hall–Kier alpha value is -1.91. The lowest BCUT2D eigenvalue weighted by Gasteiger charge is -2.43. The van der Waals surface area contributed by atoms with Gasteiger partial charge in [0, 0.05) is 36.3 Å². The fourth-order valence-corrected chi connectivity index (χ4v) is 7.28. The standard InChI is InChI=1S/C21H24N2S2/c1-22-14-7-9-16-19(12-14)25(3,4)20-13-15(23-2)8-10-17(20)21(16)18-6-5-11-24-18/h5-13,21-23H,1-4H3. The van der Waals surface area contributed by atoms with E-state index in [-0.39, 0.29) is 0 Å². The summed E-state index contributed by atoms with van der Waals surface area (Å²) in [5.41, 5.74) is 5.31. The molecule has 0 atom stereocenters.